The minimum atomic E-state index is -0.904. The van der Waals surface area contributed by atoms with E-state index in [9.17, 15) is 14.7 Å². The average molecular weight is 418 g/mol. The number of hydrogen-bond donors (Lipinski definition) is 3. The Bertz CT molecular complexity index is 841. The van der Waals surface area contributed by atoms with E-state index in [-0.39, 0.29) is 31.3 Å². The van der Waals surface area contributed by atoms with E-state index in [1.807, 2.05) is 6.92 Å². The Morgan fingerprint density at radius 1 is 1.30 bits per heavy atom. The van der Waals surface area contributed by atoms with E-state index >= 15 is 0 Å². The first-order valence-corrected chi connectivity index (χ1v) is 9.94. The molecule has 1 aromatic carbocycles. The fraction of sp³-hybridized carbons (Fsp3) is 0.500. The zero-order valence-corrected chi connectivity index (χ0v) is 16.8. The smallest absolute Gasteiger partial charge is 0.407 e. The van der Waals surface area contributed by atoms with Crippen molar-refractivity contribution in [3.05, 3.63) is 35.7 Å². The Balaban J connectivity index is 1.52. The second-order valence-corrected chi connectivity index (χ2v) is 7.13. The van der Waals surface area contributed by atoms with Crippen LogP contribution in [0.25, 0.3) is 11.5 Å². The van der Waals surface area contributed by atoms with Crippen molar-refractivity contribution >= 4 is 12.0 Å². The van der Waals surface area contributed by atoms with Gasteiger partial charge in [0.25, 0.3) is 11.8 Å². The van der Waals surface area contributed by atoms with Gasteiger partial charge in [-0.3, -0.25) is 4.79 Å². The molecule has 1 atom stereocenters. The van der Waals surface area contributed by atoms with Crippen LogP contribution in [0.3, 0.4) is 0 Å². The number of nitrogens with zero attached hydrogens (tertiary/aromatic N) is 3. The number of carbonyl (C=O) groups is 2. The Morgan fingerprint density at radius 3 is 2.60 bits per heavy atom. The normalized spacial score (nSPS) is 15.7. The number of rotatable bonds is 8. The van der Waals surface area contributed by atoms with Crippen molar-refractivity contribution in [1.82, 2.24) is 20.4 Å². The topological polar surface area (TPSA) is 138 Å². The summed E-state index contributed by atoms with van der Waals surface area (Å²) in [4.78, 5) is 28.8. The van der Waals surface area contributed by atoms with Gasteiger partial charge in [-0.05, 0) is 43.5 Å². The third kappa shape index (κ3) is 5.55. The number of likely N-dealkylation sites (tertiary alicyclic amines) is 1. The molecule has 1 aliphatic heterocycles. The quantitative estimate of drug-likeness (QED) is 0.591. The molecule has 0 aliphatic carbocycles. The van der Waals surface area contributed by atoms with Gasteiger partial charge in [0.15, 0.2) is 5.82 Å². The zero-order chi connectivity index (χ0) is 21.5. The average Bonchev–Trinajstić information content (AvgIpc) is 3.25. The fourth-order valence-corrected chi connectivity index (χ4v) is 3.15. The predicted octanol–water partition coefficient (Wildman–Crippen LogP) is 1.90. The molecule has 1 aromatic heterocycles. The number of aliphatic hydroxyl groups is 1. The summed E-state index contributed by atoms with van der Waals surface area (Å²) in [6.45, 7) is 2.87. The Kier molecular flexibility index (Phi) is 7.36. The molecule has 2 amide bonds. The highest BCUT2D eigenvalue weighted by molar-refractivity contribution is 5.94. The minimum absolute atomic E-state index is 0.0359. The van der Waals surface area contributed by atoms with E-state index in [0.29, 0.717) is 55.2 Å². The van der Waals surface area contributed by atoms with Gasteiger partial charge in [-0.1, -0.05) is 12.1 Å². The highest BCUT2D eigenvalue weighted by atomic mass is 16.5. The molecular formula is C20H26N4O6. The molecule has 2 aromatic rings. The number of piperidine rings is 1. The van der Waals surface area contributed by atoms with Crippen LogP contribution in [0.1, 0.15) is 42.4 Å². The summed E-state index contributed by atoms with van der Waals surface area (Å²) in [5, 5.41) is 24.8. The monoisotopic (exact) mass is 418 g/mol. The molecule has 1 fully saturated rings. The van der Waals surface area contributed by atoms with Crippen LogP contribution in [0.4, 0.5) is 4.79 Å². The lowest BCUT2D eigenvalue weighted by molar-refractivity contribution is -0.00295. The molecule has 0 spiro atoms. The highest BCUT2D eigenvalue weighted by Gasteiger charge is 2.23. The van der Waals surface area contributed by atoms with Crippen molar-refractivity contribution in [2.75, 3.05) is 19.7 Å². The van der Waals surface area contributed by atoms with Gasteiger partial charge in [-0.2, -0.15) is 4.98 Å². The number of amides is 2. The lowest BCUT2D eigenvalue weighted by Gasteiger charge is -2.29. The number of hydrogen-bond acceptors (Lipinski definition) is 7. The van der Waals surface area contributed by atoms with Gasteiger partial charge < -0.3 is 29.7 Å². The van der Waals surface area contributed by atoms with E-state index in [2.05, 4.69) is 15.5 Å². The van der Waals surface area contributed by atoms with Crippen LogP contribution in [0.2, 0.25) is 0 Å². The van der Waals surface area contributed by atoms with E-state index < -0.39 is 6.09 Å². The molecule has 162 valence electrons. The third-order valence-electron chi connectivity index (χ3n) is 5.07. The van der Waals surface area contributed by atoms with Crippen molar-refractivity contribution < 1.29 is 29.1 Å². The maximum Gasteiger partial charge on any atom is 0.407 e. The predicted molar refractivity (Wildman–Crippen MR) is 106 cm³/mol. The van der Waals surface area contributed by atoms with Gasteiger partial charge in [0.1, 0.15) is 6.61 Å². The van der Waals surface area contributed by atoms with Crippen molar-refractivity contribution in [2.45, 2.75) is 44.9 Å². The Labute approximate surface area is 173 Å². The van der Waals surface area contributed by atoms with Crippen molar-refractivity contribution in [3.8, 4) is 11.5 Å². The Morgan fingerprint density at radius 2 is 2.00 bits per heavy atom. The van der Waals surface area contributed by atoms with Gasteiger partial charge in [-0.15, -0.1) is 0 Å². The third-order valence-corrected chi connectivity index (χ3v) is 5.07. The van der Waals surface area contributed by atoms with E-state index in [1.54, 1.807) is 24.3 Å². The first-order chi connectivity index (χ1) is 14.5. The number of nitrogens with one attached hydrogen (secondary N) is 1. The van der Waals surface area contributed by atoms with Gasteiger partial charge in [-0.25, -0.2) is 4.79 Å². The molecule has 0 radical (unpaired) electrons. The lowest BCUT2D eigenvalue weighted by Crippen LogP contribution is -2.40. The summed E-state index contributed by atoms with van der Waals surface area (Å²) in [5.74, 6) is 0.472. The fourth-order valence-electron chi connectivity index (χ4n) is 3.15. The Hall–Kier alpha value is -2.98. The standard InChI is InChI=1S/C20H26N4O6/c1-2-15(11-25)21-18(26)13-3-5-14(6-4-13)19-22-17(23-30-19)12-29-16-7-9-24(10-8-16)20(27)28/h3-6,15-16,25H,2,7-12H2,1H3,(H,21,26)(H,27,28). The maximum atomic E-state index is 12.2. The molecule has 10 heteroatoms. The van der Waals surface area contributed by atoms with Crippen molar-refractivity contribution in [1.29, 1.82) is 0 Å². The molecule has 3 rings (SSSR count). The number of carboxylic acid groups (broad SMARTS) is 1. The molecule has 0 bridgehead atoms. The molecule has 1 aliphatic rings. The SMILES string of the molecule is CCC(CO)NC(=O)c1ccc(-c2nc(COC3CCN(C(=O)O)CC3)no2)cc1. The molecule has 2 heterocycles. The van der Waals surface area contributed by atoms with Gasteiger partial charge >= 0.3 is 6.09 Å². The second kappa shape index (κ2) is 10.2. The number of aliphatic hydroxyl groups excluding tert-OH is 1. The van der Waals surface area contributed by atoms with Crippen molar-refractivity contribution in [2.24, 2.45) is 0 Å². The van der Waals surface area contributed by atoms with Crippen LogP contribution >= 0.6 is 0 Å². The molecule has 1 saturated heterocycles. The van der Waals surface area contributed by atoms with E-state index in [0.717, 1.165) is 0 Å². The minimum Gasteiger partial charge on any atom is -0.465 e. The van der Waals surface area contributed by atoms with Crippen LogP contribution < -0.4 is 5.32 Å². The summed E-state index contributed by atoms with van der Waals surface area (Å²) in [7, 11) is 0. The van der Waals surface area contributed by atoms with Gasteiger partial charge in [0.05, 0.1) is 18.8 Å². The largest absolute Gasteiger partial charge is 0.465 e. The van der Waals surface area contributed by atoms with Crippen LogP contribution in [-0.2, 0) is 11.3 Å². The molecule has 1 unspecified atom stereocenters. The van der Waals surface area contributed by atoms with Gasteiger partial charge in [0, 0.05) is 24.2 Å². The summed E-state index contributed by atoms with van der Waals surface area (Å²) in [6, 6.07) is 6.48. The number of aromatic nitrogens is 2. The number of ether oxygens (including phenoxy) is 1. The van der Waals surface area contributed by atoms with E-state index in [1.165, 1.54) is 4.90 Å². The maximum absolute atomic E-state index is 12.2. The van der Waals surface area contributed by atoms with E-state index in [4.69, 9.17) is 14.4 Å². The summed E-state index contributed by atoms with van der Waals surface area (Å²) in [5.41, 5.74) is 1.15. The first kappa shape index (κ1) is 21.7. The van der Waals surface area contributed by atoms with Crippen molar-refractivity contribution in [3.63, 3.8) is 0 Å². The summed E-state index contributed by atoms with van der Waals surface area (Å²) in [6.07, 6.45) is 0.974. The lowest BCUT2D eigenvalue weighted by atomic mass is 10.1. The molecule has 3 N–H and O–H groups in total. The molecule has 10 nitrogen and oxygen atoms in total. The van der Waals surface area contributed by atoms with Crippen LogP contribution in [0.15, 0.2) is 28.8 Å². The van der Waals surface area contributed by atoms with Crippen LogP contribution in [0, 0.1) is 0 Å². The highest BCUT2D eigenvalue weighted by Crippen LogP contribution is 2.19. The molecule has 0 saturated carbocycles. The van der Waals surface area contributed by atoms with Crippen LogP contribution in [0.5, 0.6) is 0 Å². The molecular weight excluding hydrogens is 392 g/mol. The van der Waals surface area contributed by atoms with Gasteiger partial charge in [0.2, 0.25) is 0 Å². The second-order valence-electron chi connectivity index (χ2n) is 7.13. The summed E-state index contributed by atoms with van der Waals surface area (Å²) >= 11 is 0. The molecule has 30 heavy (non-hydrogen) atoms. The number of carbonyl (C=O) groups excluding carboxylic acids is 1. The van der Waals surface area contributed by atoms with Crippen LogP contribution in [-0.4, -0.2) is 69.1 Å². The first-order valence-electron chi connectivity index (χ1n) is 9.94. The summed E-state index contributed by atoms with van der Waals surface area (Å²) < 4.78 is 11.1. The number of benzene rings is 1. The zero-order valence-electron chi connectivity index (χ0n) is 16.8.